The van der Waals surface area contributed by atoms with Gasteiger partial charge < -0.3 is 20.1 Å². The molecule has 1 heterocycles. The molecule has 1 unspecified atom stereocenters. The van der Waals surface area contributed by atoms with E-state index in [9.17, 15) is 5.11 Å². The van der Waals surface area contributed by atoms with Crippen molar-refractivity contribution in [3.8, 4) is 0 Å². The van der Waals surface area contributed by atoms with Crippen LogP contribution in [-0.2, 0) is 4.74 Å². The second-order valence-corrected chi connectivity index (χ2v) is 6.21. The van der Waals surface area contributed by atoms with Gasteiger partial charge in [-0.2, -0.15) is 0 Å². The number of nitrogens with zero attached hydrogens (tertiary/aromatic N) is 1. The van der Waals surface area contributed by atoms with Crippen molar-refractivity contribution >= 4 is 11.4 Å². The second kappa shape index (κ2) is 8.25. The summed E-state index contributed by atoms with van der Waals surface area (Å²) in [6.07, 6.45) is 2.12. The van der Waals surface area contributed by atoms with Crippen LogP contribution in [0.15, 0.2) is 24.3 Å². The minimum atomic E-state index is -0.470. The highest BCUT2D eigenvalue weighted by Gasteiger charge is 2.12. The van der Waals surface area contributed by atoms with Crippen LogP contribution in [0.25, 0.3) is 0 Å². The first-order valence-corrected chi connectivity index (χ1v) is 8.00. The summed E-state index contributed by atoms with van der Waals surface area (Å²) in [7, 11) is 0. The van der Waals surface area contributed by atoms with Crippen molar-refractivity contribution in [3.05, 3.63) is 24.3 Å². The Morgan fingerprint density at radius 2 is 1.81 bits per heavy atom. The van der Waals surface area contributed by atoms with Crippen molar-refractivity contribution in [3.63, 3.8) is 0 Å². The molecule has 0 radical (unpaired) electrons. The van der Waals surface area contributed by atoms with Gasteiger partial charge in [0, 0.05) is 37.6 Å². The van der Waals surface area contributed by atoms with Gasteiger partial charge >= 0.3 is 0 Å². The number of hydrogen-bond donors (Lipinski definition) is 2. The van der Waals surface area contributed by atoms with E-state index in [0.717, 1.165) is 5.69 Å². The van der Waals surface area contributed by atoms with Crippen molar-refractivity contribution in [2.24, 2.45) is 5.92 Å². The zero-order valence-corrected chi connectivity index (χ0v) is 13.2. The summed E-state index contributed by atoms with van der Waals surface area (Å²) in [4.78, 5) is 2.42. The van der Waals surface area contributed by atoms with E-state index in [4.69, 9.17) is 4.74 Å². The third-order valence-electron chi connectivity index (χ3n) is 3.64. The molecule has 0 amide bonds. The Morgan fingerprint density at radius 3 is 2.43 bits per heavy atom. The first kappa shape index (κ1) is 16.1. The molecule has 1 aromatic rings. The van der Waals surface area contributed by atoms with Gasteiger partial charge in [0.05, 0.1) is 12.7 Å². The number of nitrogens with one attached hydrogen (secondary N) is 1. The van der Waals surface area contributed by atoms with E-state index in [0.29, 0.717) is 25.7 Å². The summed E-state index contributed by atoms with van der Waals surface area (Å²) in [6, 6.07) is 8.45. The van der Waals surface area contributed by atoms with Gasteiger partial charge in [0.15, 0.2) is 0 Å². The minimum absolute atomic E-state index is 0.386. The van der Waals surface area contributed by atoms with Crippen LogP contribution >= 0.6 is 0 Å². The van der Waals surface area contributed by atoms with Crippen LogP contribution in [0.4, 0.5) is 11.4 Å². The summed E-state index contributed by atoms with van der Waals surface area (Å²) < 4.78 is 5.44. The normalized spacial score (nSPS) is 16.5. The SMILES string of the molecule is CC(C)COCC(O)CNc1ccc(N2CCCC2)cc1. The number of aliphatic hydroxyl groups excluding tert-OH is 1. The molecule has 2 rings (SSSR count). The Hall–Kier alpha value is -1.26. The fourth-order valence-corrected chi connectivity index (χ4v) is 2.50. The molecule has 0 bridgehead atoms. The number of rotatable bonds is 8. The molecule has 1 aliphatic rings. The van der Waals surface area contributed by atoms with Crippen LogP contribution in [0.3, 0.4) is 0 Å². The molecule has 4 nitrogen and oxygen atoms in total. The molecule has 1 aromatic carbocycles. The third kappa shape index (κ3) is 5.56. The van der Waals surface area contributed by atoms with E-state index in [1.165, 1.54) is 31.6 Å². The van der Waals surface area contributed by atoms with Gasteiger partial charge in [0.25, 0.3) is 0 Å². The van der Waals surface area contributed by atoms with E-state index in [2.05, 4.69) is 48.3 Å². The standard InChI is InChI=1S/C17H28N2O2/c1-14(2)12-21-13-17(20)11-18-15-5-7-16(8-6-15)19-9-3-4-10-19/h5-8,14,17-18,20H,3-4,9-13H2,1-2H3. The molecule has 2 N–H and O–H groups in total. The predicted molar refractivity (Wildman–Crippen MR) is 88.0 cm³/mol. The van der Waals surface area contributed by atoms with Gasteiger partial charge in [0.1, 0.15) is 0 Å². The van der Waals surface area contributed by atoms with Crippen molar-refractivity contribution in [1.82, 2.24) is 0 Å². The molecule has 21 heavy (non-hydrogen) atoms. The van der Waals surface area contributed by atoms with Crippen LogP contribution in [0, 0.1) is 5.92 Å². The zero-order valence-electron chi connectivity index (χ0n) is 13.2. The van der Waals surface area contributed by atoms with E-state index < -0.39 is 6.10 Å². The van der Waals surface area contributed by atoms with Gasteiger partial charge in [-0.25, -0.2) is 0 Å². The summed E-state index contributed by atoms with van der Waals surface area (Å²) in [6.45, 7) is 8.14. The van der Waals surface area contributed by atoms with Crippen LogP contribution in [-0.4, -0.2) is 44.1 Å². The first-order valence-electron chi connectivity index (χ1n) is 8.00. The van der Waals surface area contributed by atoms with Crippen LogP contribution in [0.5, 0.6) is 0 Å². The van der Waals surface area contributed by atoms with Crippen molar-refractivity contribution in [2.75, 3.05) is 43.1 Å². The highest BCUT2D eigenvalue weighted by Crippen LogP contribution is 2.21. The summed E-state index contributed by atoms with van der Waals surface area (Å²) in [5.74, 6) is 0.503. The lowest BCUT2D eigenvalue weighted by atomic mass is 10.2. The Balaban J connectivity index is 1.70. The maximum Gasteiger partial charge on any atom is 0.0945 e. The van der Waals surface area contributed by atoms with Gasteiger partial charge in [-0.05, 0) is 43.0 Å². The third-order valence-corrected chi connectivity index (χ3v) is 3.64. The number of ether oxygens (including phenoxy) is 1. The first-order chi connectivity index (χ1) is 10.1. The van der Waals surface area contributed by atoms with Gasteiger partial charge in [0.2, 0.25) is 0 Å². The number of benzene rings is 1. The molecule has 0 aromatic heterocycles. The largest absolute Gasteiger partial charge is 0.389 e. The predicted octanol–water partition coefficient (Wildman–Crippen LogP) is 2.73. The van der Waals surface area contributed by atoms with Crippen molar-refractivity contribution < 1.29 is 9.84 Å². The highest BCUT2D eigenvalue weighted by atomic mass is 16.5. The molecular weight excluding hydrogens is 264 g/mol. The molecule has 4 heteroatoms. The quantitative estimate of drug-likeness (QED) is 0.773. The number of hydrogen-bond acceptors (Lipinski definition) is 4. The summed E-state index contributed by atoms with van der Waals surface area (Å²) in [5, 5.41) is 13.1. The fourth-order valence-electron chi connectivity index (χ4n) is 2.50. The van der Waals surface area contributed by atoms with E-state index in [-0.39, 0.29) is 0 Å². The lowest BCUT2D eigenvalue weighted by Gasteiger charge is -2.18. The molecule has 0 saturated carbocycles. The molecule has 1 saturated heterocycles. The Bertz CT molecular complexity index is 400. The summed E-state index contributed by atoms with van der Waals surface area (Å²) >= 11 is 0. The Morgan fingerprint density at radius 1 is 1.14 bits per heavy atom. The molecule has 1 atom stereocenters. The van der Waals surface area contributed by atoms with Crippen molar-refractivity contribution in [2.45, 2.75) is 32.8 Å². The van der Waals surface area contributed by atoms with Gasteiger partial charge in [-0.1, -0.05) is 13.8 Å². The number of anilines is 2. The average molecular weight is 292 g/mol. The smallest absolute Gasteiger partial charge is 0.0945 e. The van der Waals surface area contributed by atoms with Crippen LogP contribution < -0.4 is 10.2 Å². The van der Waals surface area contributed by atoms with Crippen LogP contribution in [0.1, 0.15) is 26.7 Å². The fraction of sp³-hybridized carbons (Fsp3) is 0.647. The lowest BCUT2D eigenvalue weighted by Crippen LogP contribution is -2.25. The lowest BCUT2D eigenvalue weighted by molar-refractivity contribution is 0.0318. The molecular formula is C17H28N2O2. The molecule has 1 fully saturated rings. The molecule has 118 valence electrons. The molecule has 0 aliphatic carbocycles. The van der Waals surface area contributed by atoms with Crippen LogP contribution in [0.2, 0.25) is 0 Å². The van der Waals surface area contributed by atoms with E-state index in [1.54, 1.807) is 0 Å². The Kier molecular flexibility index (Phi) is 6.33. The molecule has 1 aliphatic heterocycles. The zero-order chi connectivity index (χ0) is 15.1. The van der Waals surface area contributed by atoms with E-state index in [1.807, 2.05) is 0 Å². The highest BCUT2D eigenvalue weighted by molar-refractivity contribution is 5.55. The van der Waals surface area contributed by atoms with Crippen molar-refractivity contribution in [1.29, 1.82) is 0 Å². The van der Waals surface area contributed by atoms with Gasteiger partial charge in [-0.3, -0.25) is 0 Å². The number of aliphatic hydroxyl groups is 1. The summed E-state index contributed by atoms with van der Waals surface area (Å²) in [5.41, 5.74) is 2.33. The van der Waals surface area contributed by atoms with Gasteiger partial charge in [-0.15, -0.1) is 0 Å². The molecule has 0 spiro atoms. The Labute approximate surface area is 128 Å². The minimum Gasteiger partial charge on any atom is -0.389 e. The monoisotopic (exact) mass is 292 g/mol. The average Bonchev–Trinajstić information content (AvgIpc) is 2.99. The second-order valence-electron chi connectivity index (χ2n) is 6.21. The maximum absolute atomic E-state index is 9.85. The topological polar surface area (TPSA) is 44.7 Å². The van der Waals surface area contributed by atoms with E-state index >= 15 is 0 Å². The maximum atomic E-state index is 9.85.